The minimum absolute atomic E-state index is 0.0590. The average molecular weight is 406 g/mol. The van der Waals surface area contributed by atoms with Gasteiger partial charge in [0.25, 0.3) is 0 Å². The molecule has 4 aromatic rings. The molecule has 0 saturated heterocycles. The minimum Gasteiger partial charge on any atom is -0.493 e. The molecule has 2 aromatic heterocycles. The summed E-state index contributed by atoms with van der Waals surface area (Å²) in [6.07, 6.45) is 0.678. The van der Waals surface area contributed by atoms with Gasteiger partial charge < -0.3 is 24.4 Å². The Balaban J connectivity index is 1.72. The second kappa shape index (κ2) is 8.52. The van der Waals surface area contributed by atoms with Gasteiger partial charge in [0.2, 0.25) is 0 Å². The van der Waals surface area contributed by atoms with Crippen LogP contribution < -0.4 is 14.2 Å². The van der Waals surface area contributed by atoms with Crippen molar-refractivity contribution in [2.45, 2.75) is 13.0 Å². The summed E-state index contributed by atoms with van der Waals surface area (Å²) in [5.74, 6) is 2.16. The maximum Gasteiger partial charge on any atom is 0.163 e. The third-order valence-corrected chi connectivity index (χ3v) is 4.72. The Bertz CT molecular complexity index is 1200. The van der Waals surface area contributed by atoms with Crippen molar-refractivity contribution in [1.82, 2.24) is 9.97 Å². The molecule has 30 heavy (non-hydrogen) atoms. The number of aliphatic hydroxyl groups is 2. The van der Waals surface area contributed by atoms with Crippen LogP contribution in [0.4, 0.5) is 0 Å². The number of pyridine rings is 2. The molecule has 0 radical (unpaired) electrons. The van der Waals surface area contributed by atoms with Crippen LogP contribution in [0.15, 0.2) is 54.7 Å². The highest BCUT2D eigenvalue weighted by molar-refractivity contribution is 5.88. The number of para-hydroxylation sites is 1. The molecule has 0 spiro atoms. The van der Waals surface area contributed by atoms with Gasteiger partial charge in [-0.15, -0.1) is 0 Å². The molecule has 0 fully saturated rings. The summed E-state index contributed by atoms with van der Waals surface area (Å²) in [6.45, 7) is 1.46. The fourth-order valence-electron chi connectivity index (χ4n) is 3.14. The number of aromatic nitrogens is 2. The zero-order chi connectivity index (χ0) is 21.1. The maximum absolute atomic E-state index is 9.55. The highest BCUT2D eigenvalue weighted by atomic mass is 16.5. The minimum atomic E-state index is -0.976. The van der Waals surface area contributed by atoms with Crippen molar-refractivity contribution in [1.29, 1.82) is 0 Å². The summed E-state index contributed by atoms with van der Waals surface area (Å²) < 4.78 is 17.2. The van der Waals surface area contributed by atoms with Crippen LogP contribution in [0.5, 0.6) is 23.0 Å². The first-order valence-electron chi connectivity index (χ1n) is 9.51. The van der Waals surface area contributed by atoms with Gasteiger partial charge in [0.15, 0.2) is 11.5 Å². The van der Waals surface area contributed by atoms with Gasteiger partial charge >= 0.3 is 0 Å². The summed E-state index contributed by atoms with van der Waals surface area (Å²) in [6, 6.07) is 15.1. The predicted octanol–water partition coefficient (Wildman–Crippen LogP) is 3.62. The lowest BCUT2D eigenvalue weighted by Crippen LogP contribution is -2.21. The van der Waals surface area contributed by atoms with Crippen molar-refractivity contribution in [3.8, 4) is 23.0 Å². The Labute approximate surface area is 173 Å². The normalized spacial score (nSPS) is 12.1. The number of ether oxygens (including phenoxy) is 3. The number of aryl methyl sites for hydroxylation is 1. The summed E-state index contributed by atoms with van der Waals surface area (Å²) in [4.78, 5) is 9.02. The molecule has 0 amide bonds. The quantitative estimate of drug-likeness (QED) is 0.484. The van der Waals surface area contributed by atoms with Crippen LogP contribution in [-0.2, 0) is 0 Å². The van der Waals surface area contributed by atoms with E-state index in [0.717, 1.165) is 22.0 Å². The predicted molar refractivity (Wildman–Crippen MR) is 113 cm³/mol. The van der Waals surface area contributed by atoms with Crippen molar-refractivity contribution < 1.29 is 24.4 Å². The second-order valence-electron chi connectivity index (χ2n) is 6.84. The Morgan fingerprint density at radius 1 is 0.967 bits per heavy atom. The number of rotatable bonds is 7. The number of methoxy groups -OCH3 is 1. The standard InChI is InChI=1S/C23H22N2O5/c1-14-21(9-15-5-3-4-6-18(15)25-14)30-20-7-8-24-19-11-23(29-13-16(27)12-26)22(28-2)10-17(19)20/h3-11,16,26-27H,12-13H2,1-2H3/t16-/m0/s1. The fourth-order valence-corrected chi connectivity index (χ4v) is 3.14. The summed E-state index contributed by atoms with van der Waals surface area (Å²) in [7, 11) is 1.53. The number of aliphatic hydroxyl groups excluding tert-OH is 2. The lowest BCUT2D eigenvalue weighted by atomic mass is 10.1. The molecule has 0 bridgehead atoms. The molecule has 2 heterocycles. The number of fused-ring (bicyclic) bond motifs is 2. The van der Waals surface area contributed by atoms with Gasteiger partial charge in [-0.3, -0.25) is 4.98 Å². The highest BCUT2D eigenvalue weighted by Gasteiger charge is 2.14. The highest BCUT2D eigenvalue weighted by Crippen LogP contribution is 2.38. The Hall–Kier alpha value is -3.42. The van der Waals surface area contributed by atoms with Gasteiger partial charge in [0.1, 0.15) is 24.2 Å². The van der Waals surface area contributed by atoms with Gasteiger partial charge in [-0.25, -0.2) is 4.98 Å². The van der Waals surface area contributed by atoms with Gasteiger partial charge in [-0.05, 0) is 31.2 Å². The molecule has 7 heteroatoms. The average Bonchev–Trinajstić information content (AvgIpc) is 2.77. The van der Waals surface area contributed by atoms with E-state index in [9.17, 15) is 5.11 Å². The van der Waals surface area contributed by atoms with Gasteiger partial charge in [-0.1, -0.05) is 18.2 Å². The lowest BCUT2D eigenvalue weighted by molar-refractivity contribution is 0.0528. The number of nitrogens with zero attached hydrogens (tertiary/aromatic N) is 2. The van der Waals surface area contributed by atoms with E-state index in [-0.39, 0.29) is 13.2 Å². The van der Waals surface area contributed by atoms with E-state index in [1.54, 1.807) is 24.4 Å². The molecule has 154 valence electrons. The zero-order valence-electron chi connectivity index (χ0n) is 16.7. The molecular weight excluding hydrogens is 384 g/mol. The van der Waals surface area contributed by atoms with Gasteiger partial charge in [0.05, 0.1) is 30.4 Å². The maximum atomic E-state index is 9.55. The third kappa shape index (κ3) is 3.98. The molecule has 7 nitrogen and oxygen atoms in total. The van der Waals surface area contributed by atoms with E-state index in [1.165, 1.54) is 7.11 Å². The van der Waals surface area contributed by atoms with Crippen molar-refractivity contribution in [3.05, 3.63) is 60.4 Å². The molecule has 0 saturated carbocycles. The molecular formula is C23H22N2O5. The van der Waals surface area contributed by atoms with Crippen LogP contribution in [0.2, 0.25) is 0 Å². The Kier molecular flexibility index (Phi) is 5.65. The fraction of sp³-hybridized carbons (Fsp3) is 0.217. The van der Waals surface area contributed by atoms with Crippen molar-refractivity contribution in [2.24, 2.45) is 0 Å². The molecule has 0 aliphatic heterocycles. The number of hydrogen-bond donors (Lipinski definition) is 2. The summed E-state index contributed by atoms with van der Waals surface area (Å²) in [5, 5.41) is 20.3. The Morgan fingerprint density at radius 3 is 2.60 bits per heavy atom. The van der Waals surface area contributed by atoms with E-state index < -0.39 is 6.10 Å². The molecule has 2 N–H and O–H groups in total. The molecule has 2 aromatic carbocycles. The van der Waals surface area contributed by atoms with Crippen LogP contribution in [0.1, 0.15) is 5.69 Å². The summed E-state index contributed by atoms with van der Waals surface area (Å²) >= 11 is 0. The summed E-state index contributed by atoms with van der Waals surface area (Å²) in [5.41, 5.74) is 2.34. The van der Waals surface area contributed by atoms with E-state index in [0.29, 0.717) is 28.5 Å². The monoisotopic (exact) mass is 406 g/mol. The van der Waals surface area contributed by atoms with Crippen molar-refractivity contribution in [3.63, 3.8) is 0 Å². The smallest absolute Gasteiger partial charge is 0.163 e. The number of hydrogen-bond acceptors (Lipinski definition) is 7. The third-order valence-electron chi connectivity index (χ3n) is 4.72. The van der Waals surface area contributed by atoms with Crippen molar-refractivity contribution in [2.75, 3.05) is 20.3 Å². The molecule has 0 unspecified atom stereocenters. The first kappa shape index (κ1) is 19.9. The first-order valence-corrected chi connectivity index (χ1v) is 9.51. The lowest BCUT2D eigenvalue weighted by Gasteiger charge is -2.15. The van der Waals surface area contributed by atoms with Crippen LogP contribution in [0, 0.1) is 6.92 Å². The van der Waals surface area contributed by atoms with Crippen LogP contribution in [-0.4, -0.2) is 46.6 Å². The van der Waals surface area contributed by atoms with Crippen molar-refractivity contribution >= 4 is 21.8 Å². The Morgan fingerprint density at radius 2 is 1.80 bits per heavy atom. The van der Waals surface area contributed by atoms with Crippen LogP contribution >= 0.6 is 0 Å². The van der Waals surface area contributed by atoms with Crippen LogP contribution in [0.3, 0.4) is 0 Å². The molecule has 1 atom stereocenters. The second-order valence-corrected chi connectivity index (χ2v) is 6.84. The SMILES string of the molecule is COc1cc2c(Oc3cc4ccccc4nc3C)ccnc2cc1OC[C@@H](O)CO. The van der Waals surface area contributed by atoms with E-state index in [2.05, 4.69) is 9.97 Å². The van der Waals surface area contributed by atoms with Crippen LogP contribution in [0.25, 0.3) is 21.8 Å². The van der Waals surface area contributed by atoms with E-state index in [4.69, 9.17) is 19.3 Å². The van der Waals surface area contributed by atoms with Gasteiger partial charge in [0, 0.05) is 23.0 Å². The molecule has 4 rings (SSSR count). The number of benzene rings is 2. The molecule has 0 aliphatic rings. The largest absolute Gasteiger partial charge is 0.493 e. The van der Waals surface area contributed by atoms with E-state index in [1.807, 2.05) is 37.3 Å². The molecule has 0 aliphatic carbocycles. The zero-order valence-corrected chi connectivity index (χ0v) is 16.7. The topological polar surface area (TPSA) is 93.9 Å². The van der Waals surface area contributed by atoms with Gasteiger partial charge in [-0.2, -0.15) is 0 Å². The first-order chi connectivity index (χ1) is 14.6. The van der Waals surface area contributed by atoms with E-state index >= 15 is 0 Å².